The zero-order valence-electron chi connectivity index (χ0n) is 16.8. The molecule has 0 atom stereocenters. The second-order valence-corrected chi connectivity index (χ2v) is 7.68. The van der Waals surface area contributed by atoms with Crippen molar-refractivity contribution in [3.05, 3.63) is 60.3 Å². The van der Waals surface area contributed by atoms with E-state index >= 15 is 0 Å². The molecule has 0 aliphatic carbocycles. The monoisotopic (exact) mass is 431 g/mol. The Kier molecular flexibility index (Phi) is 7.10. The van der Waals surface area contributed by atoms with Gasteiger partial charge in [0.15, 0.2) is 0 Å². The van der Waals surface area contributed by atoms with Crippen LogP contribution in [-0.4, -0.2) is 40.1 Å². The van der Waals surface area contributed by atoms with Crippen LogP contribution in [0.2, 0.25) is 0 Å². The van der Waals surface area contributed by atoms with Crippen LogP contribution < -0.4 is 5.32 Å². The van der Waals surface area contributed by atoms with Crippen LogP contribution in [0.25, 0.3) is 10.9 Å². The minimum absolute atomic E-state index is 0.0295. The Morgan fingerprint density at radius 2 is 1.83 bits per heavy atom. The topological polar surface area (TPSA) is 54.3 Å². The Morgan fingerprint density at radius 1 is 1.10 bits per heavy atom. The van der Waals surface area contributed by atoms with Crippen molar-refractivity contribution in [2.75, 3.05) is 24.2 Å². The van der Waals surface area contributed by atoms with Crippen LogP contribution >= 0.6 is 11.8 Å². The van der Waals surface area contributed by atoms with E-state index in [1.54, 1.807) is 4.90 Å². The van der Waals surface area contributed by atoms with E-state index in [2.05, 4.69) is 5.32 Å². The highest BCUT2D eigenvalue weighted by molar-refractivity contribution is 8.00. The SMILES string of the molecule is CCN(CC)C(=O)Cn1cc(SCC(=O)Nc2ccc(F)cc2F)c2ccccc21. The first-order chi connectivity index (χ1) is 14.4. The number of benzene rings is 2. The van der Waals surface area contributed by atoms with Crippen LogP contribution in [0.5, 0.6) is 0 Å². The molecule has 0 bridgehead atoms. The third kappa shape index (κ3) is 4.99. The number of fused-ring (bicyclic) bond motifs is 1. The maximum atomic E-state index is 13.7. The van der Waals surface area contributed by atoms with E-state index < -0.39 is 17.5 Å². The molecule has 8 heteroatoms. The molecule has 2 amide bonds. The number of halogens is 2. The van der Waals surface area contributed by atoms with Gasteiger partial charge in [0.05, 0.1) is 11.4 Å². The van der Waals surface area contributed by atoms with Crippen LogP contribution in [-0.2, 0) is 16.1 Å². The predicted molar refractivity (Wildman–Crippen MR) is 116 cm³/mol. The summed E-state index contributed by atoms with van der Waals surface area (Å²) in [5, 5.41) is 3.40. The van der Waals surface area contributed by atoms with Crippen molar-refractivity contribution in [3.8, 4) is 0 Å². The molecular formula is C22H23F2N3O2S. The van der Waals surface area contributed by atoms with Crippen molar-refractivity contribution in [2.45, 2.75) is 25.3 Å². The molecule has 0 radical (unpaired) electrons. The molecule has 3 rings (SSSR count). The van der Waals surface area contributed by atoms with Gasteiger partial charge in [0.1, 0.15) is 18.2 Å². The first-order valence-electron chi connectivity index (χ1n) is 9.66. The van der Waals surface area contributed by atoms with E-state index in [9.17, 15) is 18.4 Å². The summed E-state index contributed by atoms with van der Waals surface area (Å²) < 4.78 is 28.6. The average molecular weight is 432 g/mol. The number of nitrogens with one attached hydrogen (secondary N) is 1. The van der Waals surface area contributed by atoms with Crippen molar-refractivity contribution in [2.24, 2.45) is 0 Å². The molecule has 2 aromatic carbocycles. The van der Waals surface area contributed by atoms with Gasteiger partial charge < -0.3 is 14.8 Å². The molecular weight excluding hydrogens is 408 g/mol. The third-order valence-electron chi connectivity index (χ3n) is 4.74. The number of amides is 2. The lowest BCUT2D eigenvalue weighted by Crippen LogP contribution is -2.33. The fourth-order valence-electron chi connectivity index (χ4n) is 3.20. The molecule has 1 N–H and O–H groups in total. The number of carbonyl (C=O) groups excluding carboxylic acids is 2. The lowest BCUT2D eigenvalue weighted by atomic mass is 10.2. The molecule has 0 saturated carbocycles. The van der Waals surface area contributed by atoms with Crippen molar-refractivity contribution < 1.29 is 18.4 Å². The summed E-state index contributed by atoms with van der Waals surface area (Å²) in [5.41, 5.74) is 0.847. The number of anilines is 1. The minimum atomic E-state index is -0.820. The summed E-state index contributed by atoms with van der Waals surface area (Å²) in [6.07, 6.45) is 1.86. The molecule has 0 aliphatic rings. The van der Waals surface area contributed by atoms with E-state index in [-0.39, 0.29) is 23.9 Å². The Hall–Kier alpha value is -2.87. The molecule has 0 aliphatic heterocycles. The van der Waals surface area contributed by atoms with Crippen LogP contribution in [0.15, 0.2) is 53.6 Å². The number of para-hydroxylation sites is 1. The number of hydrogen-bond acceptors (Lipinski definition) is 3. The fraction of sp³-hybridized carbons (Fsp3) is 0.273. The number of aromatic nitrogens is 1. The van der Waals surface area contributed by atoms with Gasteiger partial charge in [-0.15, -0.1) is 11.8 Å². The molecule has 1 heterocycles. The van der Waals surface area contributed by atoms with Gasteiger partial charge in [-0.25, -0.2) is 8.78 Å². The molecule has 30 heavy (non-hydrogen) atoms. The standard InChI is InChI=1S/C22H23F2N3O2S/c1-3-26(4-2)22(29)13-27-12-20(16-7-5-6-8-19(16)27)30-14-21(28)25-18-10-9-15(23)11-17(18)24/h5-12H,3-4,13-14H2,1-2H3,(H,25,28). The molecule has 0 unspecified atom stereocenters. The van der Waals surface area contributed by atoms with E-state index in [1.807, 2.05) is 48.9 Å². The summed E-state index contributed by atoms with van der Waals surface area (Å²) in [5.74, 6) is -1.84. The smallest absolute Gasteiger partial charge is 0.242 e. The van der Waals surface area contributed by atoms with Crippen molar-refractivity contribution >= 4 is 40.2 Å². The second-order valence-electron chi connectivity index (χ2n) is 6.67. The van der Waals surface area contributed by atoms with Gasteiger partial charge in [-0.2, -0.15) is 0 Å². The number of carbonyl (C=O) groups is 2. The zero-order chi connectivity index (χ0) is 21.7. The summed E-state index contributed by atoms with van der Waals surface area (Å²) in [6.45, 7) is 5.40. The fourth-order valence-corrected chi connectivity index (χ4v) is 4.09. The summed E-state index contributed by atoms with van der Waals surface area (Å²) in [7, 11) is 0. The highest BCUT2D eigenvalue weighted by Gasteiger charge is 2.16. The van der Waals surface area contributed by atoms with Crippen LogP contribution in [0, 0.1) is 11.6 Å². The maximum absolute atomic E-state index is 13.7. The lowest BCUT2D eigenvalue weighted by Gasteiger charge is -2.19. The Balaban J connectivity index is 1.73. The maximum Gasteiger partial charge on any atom is 0.242 e. The number of nitrogens with zero attached hydrogens (tertiary/aromatic N) is 2. The number of thioether (sulfide) groups is 1. The van der Waals surface area contributed by atoms with Crippen LogP contribution in [0.4, 0.5) is 14.5 Å². The quantitative estimate of drug-likeness (QED) is 0.534. The zero-order valence-corrected chi connectivity index (χ0v) is 17.6. The van der Waals surface area contributed by atoms with E-state index in [0.29, 0.717) is 13.1 Å². The number of likely N-dealkylation sites (N-methyl/N-ethyl adjacent to an activating group) is 1. The first kappa shape index (κ1) is 21.8. The molecule has 3 aromatic rings. The molecule has 0 fully saturated rings. The Morgan fingerprint density at radius 3 is 2.53 bits per heavy atom. The third-order valence-corrected chi connectivity index (χ3v) is 5.78. The summed E-state index contributed by atoms with van der Waals surface area (Å²) in [4.78, 5) is 27.4. The molecule has 0 spiro atoms. The highest BCUT2D eigenvalue weighted by atomic mass is 32.2. The predicted octanol–water partition coefficient (Wildman–Crippen LogP) is 4.52. The van der Waals surface area contributed by atoms with Crippen LogP contribution in [0.1, 0.15) is 13.8 Å². The van der Waals surface area contributed by atoms with Gasteiger partial charge in [0.2, 0.25) is 11.8 Å². The van der Waals surface area contributed by atoms with E-state index in [0.717, 1.165) is 27.9 Å². The van der Waals surface area contributed by atoms with Crippen molar-refractivity contribution in [1.29, 1.82) is 0 Å². The van der Waals surface area contributed by atoms with Gasteiger partial charge >= 0.3 is 0 Å². The largest absolute Gasteiger partial charge is 0.342 e. The van der Waals surface area contributed by atoms with Gasteiger partial charge in [-0.1, -0.05) is 18.2 Å². The van der Waals surface area contributed by atoms with Gasteiger partial charge in [-0.3, -0.25) is 9.59 Å². The Labute approximate surface area is 178 Å². The average Bonchev–Trinajstić information content (AvgIpc) is 3.07. The number of rotatable bonds is 8. The molecule has 158 valence electrons. The van der Waals surface area contributed by atoms with Crippen LogP contribution in [0.3, 0.4) is 0 Å². The summed E-state index contributed by atoms with van der Waals surface area (Å²) >= 11 is 1.30. The van der Waals surface area contributed by atoms with Crippen molar-refractivity contribution in [3.63, 3.8) is 0 Å². The normalized spacial score (nSPS) is 10.9. The van der Waals surface area contributed by atoms with Crippen molar-refractivity contribution in [1.82, 2.24) is 9.47 Å². The van der Waals surface area contributed by atoms with Gasteiger partial charge in [0.25, 0.3) is 0 Å². The second kappa shape index (κ2) is 9.75. The summed E-state index contributed by atoms with van der Waals surface area (Å²) in [6, 6.07) is 10.7. The molecule has 0 saturated heterocycles. The van der Waals surface area contributed by atoms with E-state index in [4.69, 9.17) is 0 Å². The Bertz CT molecular complexity index is 1060. The van der Waals surface area contributed by atoms with Gasteiger partial charge in [0, 0.05) is 41.2 Å². The van der Waals surface area contributed by atoms with E-state index in [1.165, 1.54) is 17.8 Å². The molecule has 5 nitrogen and oxygen atoms in total. The molecule has 1 aromatic heterocycles. The minimum Gasteiger partial charge on any atom is -0.342 e. The first-order valence-corrected chi connectivity index (χ1v) is 10.6. The highest BCUT2D eigenvalue weighted by Crippen LogP contribution is 2.30. The number of hydrogen-bond donors (Lipinski definition) is 1. The van der Waals surface area contributed by atoms with Gasteiger partial charge in [-0.05, 0) is 32.0 Å². The lowest BCUT2D eigenvalue weighted by molar-refractivity contribution is -0.131.